The number of nitrogens with one attached hydrogen (secondary N) is 3. The van der Waals surface area contributed by atoms with Crippen LogP contribution in [-0.4, -0.2) is 47.8 Å². The molecule has 1 saturated heterocycles. The van der Waals surface area contributed by atoms with Gasteiger partial charge in [0.15, 0.2) is 0 Å². The molecule has 4 rings (SSSR count). The van der Waals surface area contributed by atoms with Crippen LogP contribution in [0.2, 0.25) is 5.02 Å². The van der Waals surface area contributed by atoms with Gasteiger partial charge in [-0.05, 0) is 55.5 Å². The molecule has 0 unspecified atom stereocenters. The van der Waals surface area contributed by atoms with Crippen molar-refractivity contribution in [2.75, 3.05) is 11.9 Å². The third-order valence-corrected chi connectivity index (χ3v) is 11.0. The third-order valence-electron chi connectivity index (χ3n) is 6.48. The van der Waals surface area contributed by atoms with Gasteiger partial charge in [-0.15, -0.1) is 0 Å². The highest BCUT2D eigenvalue weighted by atomic mass is 35.5. The predicted molar refractivity (Wildman–Crippen MR) is 127 cm³/mol. The minimum Gasteiger partial charge on any atom is -0.465 e. The predicted octanol–water partition coefficient (Wildman–Crippen LogP) is 2.99. The highest BCUT2D eigenvalue weighted by molar-refractivity contribution is 8.04. The highest BCUT2D eigenvalue weighted by Crippen LogP contribution is 2.48. The fourth-order valence-electron chi connectivity index (χ4n) is 4.62. The van der Waals surface area contributed by atoms with E-state index < -0.39 is 43.4 Å². The SMILES string of the molecule is CC1(C)C(NC(=O)O)=N[C@](C)(c2nc(NCc3ncc(F)cc3Cl)ccc2F)[C@@H]2CCN[SH]21=O. The quantitative estimate of drug-likeness (QED) is 0.399. The zero-order chi connectivity index (χ0) is 24.9. The molecule has 2 aliphatic heterocycles. The second kappa shape index (κ2) is 8.51. The Bertz CT molecular complexity index is 1240. The summed E-state index contributed by atoms with van der Waals surface area (Å²) >= 11 is 6.02. The Labute approximate surface area is 201 Å². The Balaban J connectivity index is 1.76. The molecule has 0 spiro atoms. The van der Waals surface area contributed by atoms with E-state index in [0.717, 1.165) is 12.3 Å². The first-order valence-electron chi connectivity index (χ1n) is 10.5. The summed E-state index contributed by atoms with van der Waals surface area (Å²) in [7, 11) is -3.28. The molecular formula is C21H25ClF2N6O3S. The lowest BCUT2D eigenvalue weighted by Crippen LogP contribution is -2.66. The number of hydrogen-bond donors (Lipinski definition) is 5. The van der Waals surface area contributed by atoms with Crippen LogP contribution in [-0.2, 0) is 22.2 Å². The van der Waals surface area contributed by atoms with Gasteiger partial charge < -0.3 is 10.4 Å². The van der Waals surface area contributed by atoms with Gasteiger partial charge in [-0.1, -0.05) is 11.6 Å². The summed E-state index contributed by atoms with van der Waals surface area (Å²) in [4.78, 5) is 24.4. The van der Waals surface area contributed by atoms with Crippen LogP contribution in [0.4, 0.5) is 19.4 Å². The van der Waals surface area contributed by atoms with E-state index in [1.165, 1.54) is 12.1 Å². The summed E-state index contributed by atoms with van der Waals surface area (Å²) in [6.07, 6.45) is 0.133. The largest absolute Gasteiger partial charge is 0.465 e. The molecule has 1 fully saturated rings. The number of amides is 1. The minimum atomic E-state index is -3.28. The van der Waals surface area contributed by atoms with Crippen LogP contribution in [0, 0.1) is 11.6 Å². The fraction of sp³-hybridized carbons (Fsp3) is 0.429. The summed E-state index contributed by atoms with van der Waals surface area (Å²) < 4.78 is 44.5. The van der Waals surface area contributed by atoms with E-state index in [2.05, 4.69) is 30.3 Å². The van der Waals surface area contributed by atoms with Gasteiger partial charge in [0, 0.05) is 6.54 Å². The number of thiol groups is 1. The molecule has 1 amide bonds. The normalized spacial score (nSPS) is 25.7. The lowest BCUT2D eigenvalue weighted by molar-refractivity contribution is 0.199. The number of aliphatic imine (C=N–C) groups is 1. The van der Waals surface area contributed by atoms with Crippen molar-refractivity contribution in [2.24, 2.45) is 4.99 Å². The van der Waals surface area contributed by atoms with Crippen LogP contribution < -0.4 is 15.4 Å². The summed E-state index contributed by atoms with van der Waals surface area (Å²) in [5.74, 6) is -0.975. The van der Waals surface area contributed by atoms with Crippen LogP contribution in [0.25, 0.3) is 0 Å². The number of halogens is 3. The fourth-order valence-corrected chi connectivity index (χ4v) is 8.50. The number of pyridine rings is 2. The molecule has 2 aliphatic rings. The number of nitrogens with zero attached hydrogens (tertiary/aromatic N) is 3. The van der Waals surface area contributed by atoms with Gasteiger partial charge in [-0.3, -0.25) is 24.2 Å². The molecule has 13 heteroatoms. The van der Waals surface area contributed by atoms with Gasteiger partial charge >= 0.3 is 6.09 Å². The Kier molecular flexibility index (Phi) is 6.11. The van der Waals surface area contributed by atoms with Gasteiger partial charge in [-0.25, -0.2) is 18.6 Å². The number of rotatable bonds is 4. The van der Waals surface area contributed by atoms with Gasteiger partial charge in [0.2, 0.25) is 0 Å². The topological polar surface area (TPSA) is 129 Å². The van der Waals surface area contributed by atoms with Crippen molar-refractivity contribution >= 4 is 39.5 Å². The minimum absolute atomic E-state index is 0.0154. The Morgan fingerprint density at radius 1 is 1.35 bits per heavy atom. The van der Waals surface area contributed by atoms with Crippen molar-refractivity contribution in [1.82, 2.24) is 20.0 Å². The molecule has 4 N–H and O–H groups in total. The molecule has 2 atom stereocenters. The molecule has 0 aromatic carbocycles. The number of fused-ring (bicyclic) bond motifs is 1. The summed E-state index contributed by atoms with van der Waals surface area (Å²) in [5.41, 5.74) is -1.10. The first kappa shape index (κ1) is 24.4. The molecule has 0 aliphatic carbocycles. The van der Waals surface area contributed by atoms with Crippen molar-refractivity contribution in [2.45, 2.75) is 49.3 Å². The number of carboxylic acid groups (broad SMARTS) is 1. The van der Waals surface area contributed by atoms with E-state index in [4.69, 9.17) is 11.6 Å². The number of aromatic nitrogens is 2. The van der Waals surface area contributed by atoms with E-state index in [9.17, 15) is 18.5 Å². The summed E-state index contributed by atoms with van der Waals surface area (Å²) in [6, 6.07) is 3.76. The summed E-state index contributed by atoms with van der Waals surface area (Å²) in [5, 5.41) is 14.1. The lowest BCUT2D eigenvalue weighted by atomic mass is 9.89. The molecule has 4 heterocycles. The smallest absolute Gasteiger partial charge is 0.410 e. The van der Waals surface area contributed by atoms with Gasteiger partial charge in [0.1, 0.15) is 34.5 Å². The molecule has 184 valence electrons. The first-order chi connectivity index (χ1) is 15.9. The maximum atomic E-state index is 15.2. The molecule has 2 aromatic heterocycles. The average molecular weight is 515 g/mol. The summed E-state index contributed by atoms with van der Waals surface area (Å²) in [6.45, 7) is 5.46. The maximum absolute atomic E-state index is 15.2. The monoisotopic (exact) mass is 514 g/mol. The first-order valence-corrected chi connectivity index (χ1v) is 12.7. The Morgan fingerprint density at radius 2 is 2.09 bits per heavy atom. The van der Waals surface area contributed by atoms with Crippen molar-refractivity contribution in [3.05, 3.63) is 52.4 Å². The molecule has 9 nitrogen and oxygen atoms in total. The van der Waals surface area contributed by atoms with Crippen molar-refractivity contribution in [1.29, 1.82) is 0 Å². The van der Waals surface area contributed by atoms with Crippen LogP contribution in [0.1, 0.15) is 38.6 Å². The van der Waals surface area contributed by atoms with Gasteiger partial charge in [0.05, 0.1) is 33.5 Å². The molecule has 0 saturated carbocycles. The van der Waals surface area contributed by atoms with Gasteiger partial charge in [-0.2, -0.15) is 0 Å². The number of hydrogen-bond acceptors (Lipinski definition) is 6. The van der Waals surface area contributed by atoms with E-state index >= 15 is 4.39 Å². The molecule has 0 bridgehead atoms. The van der Waals surface area contributed by atoms with Crippen molar-refractivity contribution in [3.8, 4) is 0 Å². The van der Waals surface area contributed by atoms with E-state index in [1.54, 1.807) is 20.8 Å². The molecule has 0 radical (unpaired) electrons. The zero-order valence-corrected chi connectivity index (χ0v) is 20.3. The molecule has 34 heavy (non-hydrogen) atoms. The number of amidine groups is 1. The van der Waals surface area contributed by atoms with Gasteiger partial charge in [0.25, 0.3) is 0 Å². The maximum Gasteiger partial charge on any atom is 0.410 e. The Hall–Kier alpha value is -2.70. The lowest BCUT2D eigenvalue weighted by Gasteiger charge is -2.50. The van der Waals surface area contributed by atoms with E-state index in [1.807, 2.05) is 0 Å². The number of anilines is 1. The second-order valence-corrected chi connectivity index (χ2v) is 12.7. The van der Waals surface area contributed by atoms with E-state index in [0.29, 0.717) is 18.7 Å². The third kappa shape index (κ3) is 3.93. The number of carbonyl (C=O) groups is 1. The molecular weight excluding hydrogens is 490 g/mol. The van der Waals surface area contributed by atoms with Crippen LogP contribution in [0.5, 0.6) is 0 Å². The zero-order valence-electron chi connectivity index (χ0n) is 18.7. The Morgan fingerprint density at radius 3 is 2.76 bits per heavy atom. The average Bonchev–Trinajstić information content (AvgIpc) is 3.17. The van der Waals surface area contributed by atoms with E-state index in [-0.39, 0.29) is 28.9 Å². The highest BCUT2D eigenvalue weighted by Gasteiger charge is 2.59. The van der Waals surface area contributed by atoms with Crippen LogP contribution in [0.3, 0.4) is 0 Å². The second-order valence-electron chi connectivity index (χ2n) is 8.93. The van der Waals surface area contributed by atoms with Crippen LogP contribution in [0.15, 0.2) is 29.4 Å². The van der Waals surface area contributed by atoms with Crippen LogP contribution >= 0.6 is 11.6 Å². The standard InChI is InChI=1S/C21H25ClF2N6O3S/c1-20(2)18(29-19(31)32)30-21(3,15-6-7-27-34(15,20)33)17-13(24)4-5-16(28-17)26-10-14-12(22)8-11(23)9-25-14/h4-5,8-9,15,34H,6-7,10H2,1-3H3,(H,26,28)(H,27,33)(H,29,30)(H,31,32)/t15-,21-/m0/s1. The molecule has 2 aromatic rings. The van der Waals surface area contributed by atoms with Crippen molar-refractivity contribution < 1.29 is 22.9 Å². The van der Waals surface area contributed by atoms with Crippen molar-refractivity contribution in [3.63, 3.8) is 0 Å².